The molecule has 0 unspecified atom stereocenters. The molecule has 26 heavy (non-hydrogen) atoms. The summed E-state index contributed by atoms with van der Waals surface area (Å²) in [6, 6.07) is 6.93. The van der Waals surface area contributed by atoms with Crippen LogP contribution in [0.2, 0.25) is 0 Å². The molecule has 0 spiro atoms. The molecule has 3 fully saturated rings. The van der Waals surface area contributed by atoms with E-state index in [9.17, 15) is 9.18 Å². The van der Waals surface area contributed by atoms with E-state index in [4.69, 9.17) is 0 Å². The zero-order valence-corrected chi connectivity index (χ0v) is 15.5. The first kappa shape index (κ1) is 17.8. The second-order valence-corrected chi connectivity index (χ2v) is 8.27. The first-order valence-corrected chi connectivity index (χ1v) is 10.2. The number of amides is 1. The van der Waals surface area contributed by atoms with E-state index in [1.807, 2.05) is 0 Å². The number of benzene rings is 1. The van der Waals surface area contributed by atoms with E-state index < -0.39 is 0 Å². The van der Waals surface area contributed by atoms with Crippen LogP contribution in [0.25, 0.3) is 0 Å². The van der Waals surface area contributed by atoms with Crippen LogP contribution in [0.3, 0.4) is 0 Å². The highest BCUT2D eigenvalue weighted by atomic mass is 19.1. The Morgan fingerprint density at radius 2 is 1.62 bits per heavy atom. The van der Waals surface area contributed by atoms with Gasteiger partial charge in [-0.25, -0.2) is 4.39 Å². The van der Waals surface area contributed by atoms with Gasteiger partial charge in [0.15, 0.2) is 0 Å². The van der Waals surface area contributed by atoms with Crippen molar-refractivity contribution in [2.45, 2.75) is 44.6 Å². The molecule has 2 aliphatic carbocycles. The fourth-order valence-corrected chi connectivity index (χ4v) is 4.34. The molecular formula is C21H30FN3O. The highest BCUT2D eigenvalue weighted by molar-refractivity contribution is 5.79. The summed E-state index contributed by atoms with van der Waals surface area (Å²) in [6.07, 6.45) is 6.73. The molecule has 0 atom stereocenters. The smallest absolute Gasteiger partial charge is 0.225 e. The van der Waals surface area contributed by atoms with Crippen LogP contribution >= 0.6 is 0 Å². The lowest BCUT2D eigenvalue weighted by molar-refractivity contribution is -0.138. The van der Waals surface area contributed by atoms with Gasteiger partial charge in [-0.1, -0.05) is 0 Å². The van der Waals surface area contributed by atoms with Crippen LogP contribution in [0, 0.1) is 17.7 Å². The topological polar surface area (TPSA) is 35.6 Å². The van der Waals surface area contributed by atoms with Crippen molar-refractivity contribution in [3.8, 4) is 0 Å². The number of nitrogens with zero attached hydrogens (tertiary/aromatic N) is 2. The molecule has 4 rings (SSSR count). The Balaban J connectivity index is 1.20. The van der Waals surface area contributed by atoms with Gasteiger partial charge in [-0.3, -0.25) is 9.69 Å². The number of rotatable bonds is 5. The standard InChI is InChI=1S/C21H30FN3O/c22-18-5-9-20(10-6-18)23-19-7-3-17(4-8-19)21(26)25-13-11-24(12-14-25)15-16-1-2-16/h5-6,9-10,16-17,19,23H,1-4,7-8,11-15H2/t17-,19-. The van der Waals surface area contributed by atoms with E-state index in [2.05, 4.69) is 15.1 Å². The molecule has 0 radical (unpaired) electrons. The molecule has 1 saturated heterocycles. The molecule has 0 bridgehead atoms. The quantitative estimate of drug-likeness (QED) is 0.876. The highest BCUT2D eigenvalue weighted by Gasteiger charge is 2.32. The van der Waals surface area contributed by atoms with Crippen LogP contribution in [-0.2, 0) is 4.79 Å². The maximum Gasteiger partial charge on any atom is 0.225 e. The molecule has 1 heterocycles. The molecule has 4 nitrogen and oxygen atoms in total. The molecule has 1 aromatic rings. The number of carbonyl (C=O) groups excluding carboxylic acids is 1. The van der Waals surface area contributed by atoms with Gasteiger partial charge >= 0.3 is 0 Å². The van der Waals surface area contributed by atoms with E-state index in [0.717, 1.165) is 63.5 Å². The molecule has 0 aromatic heterocycles. The maximum absolute atomic E-state index is 13.0. The van der Waals surface area contributed by atoms with Crippen LogP contribution in [-0.4, -0.2) is 54.5 Å². The van der Waals surface area contributed by atoms with Crippen molar-refractivity contribution in [2.75, 3.05) is 38.0 Å². The summed E-state index contributed by atoms with van der Waals surface area (Å²) in [6.45, 7) is 5.13. The Morgan fingerprint density at radius 1 is 0.962 bits per heavy atom. The normalized spacial score (nSPS) is 27.3. The number of carbonyl (C=O) groups is 1. The zero-order valence-electron chi connectivity index (χ0n) is 15.5. The third-order valence-electron chi connectivity index (χ3n) is 6.19. The van der Waals surface area contributed by atoms with Gasteiger partial charge in [0, 0.05) is 50.4 Å². The summed E-state index contributed by atoms with van der Waals surface area (Å²) in [5, 5.41) is 3.48. The van der Waals surface area contributed by atoms with E-state index >= 15 is 0 Å². The Kier molecular flexibility index (Phi) is 5.44. The largest absolute Gasteiger partial charge is 0.382 e. The van der Waals surface area contributed by atoms with Crippen LogP contribution in [0.4, 0.5) is 10.1 Å². The number of hydrogen-bond acceptors (Lipinski definition) is 3. The zero-order chi connectivity index (χ0) is 17.9. The van der Waals surface area contributed by atoms with Crippen molar-refractivity contribution in [2.24, 2.45) is 11.8 Å². The number of halogens is 1. The molecule has 1 N–H and O–H groups in total. The van der Waals surface area contributed by atoms with E-state index in [1.54, 1.807) is 12.1 Å². The van der Waals surface area contributed by atoms with Gasteiger partial charge in [0.05, 0.1) is 0 Å². The second-order valence-electron chi connectivity index (χ2n) is 8.27. The number of piperazine rings is 1. The monoisotopic (exact) mass is 359 g/mol. The predicted octanol–water partition coefficient (Wildman–Crippen LogP) is 3.35. The molecule has 1 amide bonds. The van der Waals surface area contributed by atoms with Gasteiger partial charge in [0.1, 0.15) is 5.82 Å². The Bertz CT molecular complexity index is 600. The summed E-state index contributed by atoms with van der Waals surface area (Å²) in [7, 11) is 0. The fraction of sp³-hybridized carbons (Fsp3) is 0.667. The molecule has 142 valence electrons. The molecule has 1 aliphatic heterocycles. The third-order valence-corrected chi connectivity index (χ3v) is 6.19. The van der Waals surface area contributed by atoms with Gasteiger partial charge in [0.2, 0.25) is 5.91 Å². The molecule has 2 saturated carbocycles. The number of nitrogens with one attached hydrogen (secondary N) is 1. The lowest BCUT2D eigenvalue weighted by atomic mass is 9.85. The van der Waals surface area contributed by atoms with Crippen molar-refractivity contribution in [3.05, 3.63) is 30.1 Å². The fourth-order valence-electron chi connectivity index (χ4n) is 4.34. The van der Waals surface area contributed by atoms with Crippen LogP contribution in [0.1, 0.15) is 38.5 Å². The van der Waals surface area contributed by atoms with Crippen molar-refractivity contribution in [1.29, 1.82) is 0 Å². The summed E-state index contributed by atoms with van der Waals surface area (Å²) in [5.41, 5.74) is 0.966. The Hall–Kier alpha value is -1.62. The summed E-state index contributed by atoms with van der Waals surface area (Å²) in [4.78, 5) is 17.5. The van der Waals surface area contributed by atoms with Crippen molar-refractivity contribution in [3.63, 3.8) is 0 Å². The van der Waals surface area contributed by atoms with Crippen LogP contribution in [0.15, 0.2) is 24.3 Å². The predicted molar refractivity (Wildman–Crippen MR) is 102 cm³/mol. The summed E-state index contributed by atoms with van der Waals surface area (Å²) < 4.78 is 13.0. The lowest BCUT2D eigenvalue weighted by Gasteiger charge is -2.38. The molecular weight excluding hydrogens is 329 g/mol. The first-order valence-electron chi connectivity index (χ1n) is 10.2. The molecule has 5 heteroatoms. The average Bonchev–Trinajstić information content (AvgIpc) is 3.48. The average molecular weight is 359 g/mol. The van der Waals surface area contributed by atoms with Crippen LogP contribution in [0.5, 0.6) is 0 Å². The van der Waals surface area contributed by atoms with E-state index in [1.165, 1.54) is 31.5 Å². The van der Waals surface area contributed by atoms with E-state index in [-0.39, 0.29) is 11.7 Å². The highest BCUT2D eigenvalue weighted by Crippen LogP contribution is 2.31. The minimum Gasteiger partial charge on any atom is -0.382 e. The third kappa shape index (κ3) is 4.56. The van der Waals surface area contributed by atoms with Gasteiger partial charge in [-0.05, 0) is 68.7 Å². The summed E-state index contributed by atoms with van der Waals surface area (Å²) in [5.74, 6) is 1.29. The van der Waals surface area contributed by atoms with Crippen molar-refractivity contribution in [1.82, 2.24) is 9.80 Å². The van der Waals surface area contributed by atoms with Crippen molar-refractivity contribution < 1.29 is 9.18 Å². The van der Waals surface area contributed by atoms with Gasteiger partial charge < -0.3 is 10.2 Å². The van der Waals surface area contributed by atoms with Crippen molar-refractivity contribution >= 4 is 11.6 Å². The lowest BCUT2D eigenvalue weighted by Crippen LogP contribution is -2.51. The van der Waals surface area contributed by atoms with Gasteiger partial charge in [-0.15, -0.1) is 0 Å². The number of anilines is 1. The first-order chi connectivity index (χ1) is 12.7. The molecule has 3 aliphatic rings. The minimum atomic E-state index is -0.206. The van der Waals surface area contributed by atoms with E-state index in [0.29, 0.717) is 11.9 Å². The van der Waals surface area contributed by atoms with Gasteiger partial charge in [0.25, 0.3) is 0 Å². The summed E-state index contributed by atoms with van der Waals surface area (Å²) >= 11 is 0. The minimum absolute atomic E-state index is 0.191. The van der Waals surface area contributed by atoms with Crippen LogP contribution < -0.4 is 5.32 Å². The Morgan fingerprint density at radius 3 is 2.23 bits per heavy atom. The Labute approximate surface area is 155 Å². The second kappa shape index (κ2) is 7.95. The SMILES string of the molecule is O=C([C@H]1CC[C@H](Nc2ccc(F)cc2)CC1)N1CCN(CC2CC2)CC1. The van der Waals surface area contributed by atoms with Gasteiger partial charge in [-0.2, -0.15) is 0 Å². The number of hydrogen-bond donors (Lipinski definition) is 1. The maximum atomic E-state index is 13.0. The molecule has 1 aromatic carbocycles.